The first-order valence-electron chi connectivity index (χ1n) is 7.04. The van der Waals surface area contributed by atoms with Crippen molar-refractivity contribution in [3.8, 4) is 5.75 Å². The van der Waals surface area contributed by atoms with E-state index in [1.807, 2.05) is 31.2 Å². The van der Waals surface area contributed by atoms with E-state index in [2.05, 4.69) is 5.32 Å². The predicted octanol–water partition coefficient (Wildman–Crippen LogP) is 2.44. The van der Waals surface area contributed by atoms with Crippen molar-refractivity contribution in [3.05, 3.63) is 54.1 Å². The Morgan fingerprint density at radius 1 is 1.14 bits per heavy atom. The van der Waals surface area contributed by atoms with Gasteiger partial charge in [-0.2, -0.15) is 0 Å². The zero-order valence-corrected chi connectivity index (χ0v) is 12.1. The molecule has 2 aromatic rings. The van der Waals surface area contributed by atoms with Crippen LogP contribution in [0.2, 0.25) is 0 Å². The second kappa shape index (κ2) is 5.52. The van der Waals surface area contributed by atoms with Gasteiger partial charge in [-0.1, -0.05) is 24.3 Å². The lowest BCUT2D eigenvalue weighted by atomic mass is 10.1. The van der Waals surface area contributed by atoms with E-state index in [4.69, 9.17) is 0 Å². The Balaban J connectivity index is 1.84. The maximum atomic E-state index is 12.5. The fraction of sp³-hybridized carbons (Fsp3) is 0.176. The van der Waals surface area contributed by atoms with Gasteiger partial charge in [0.05, 0.1) is 12.1 Å². The highest BCUT2D eigenvalue weighted by molar-refractivity contribution is 6.23. The number of nitrogens with zero attached hydrogens (tertiary/aromatic N) is 1. The van der Waals surface area contributed by atoms with Crippen LogP contribution in [0.5, 0.6) is 5.75 Å². The fourth-order valence-electron chi connectivity index (χ4n) is 2.57. The fourth-order valence-corrected chi connectivity index (χ4v) is 2.57. The van der Waals surface area contributed by atoms with Crippen LogP contribution in [-0.4, -0.2) is 23.0 Å². The number of aryl methyl sites for hydroxylation is 1. The number of carbonyl (C=O) groups excluding carboxylic acids is 2. The molecule has 2 aromatic carbocycles. The summed E-state index contributed by atoms with van der Waals surface area (Å²) in [5.41, 5.74) is 2.24. The van der Waals surface area contributed by atoms with Crippen LogP contribution < -0.4 is 10.2 Å². The molecule has 2 N–H and O–H groups in total. The number of carbonyl (C=O) groups is 2. The molecule has 0 bridgehead atoms. The summed E-state index contributed by atoms with van der Waals surface area (Å²) in [6.07, 6.45) is 0.100. The molecule has 1 atom stereocenters. The summed E-state index contributed by atoms with van der Waals surface area (Å²) in [5, 5.41) is 12.6. The van der Waals surface area contributed by atoms with Gasteiger partial charge in [-0.25, -0.2) is 4.90 Å². The average Bonchev–Trinajstić information content (AvgIpc) is 2.76. The first-order chi connectivity index (χ1) is 10.6. The summed E-state index contributed by atoms with van der Waals surface area (Å²) >= 11 is 0. The van der Waals surface area contributed by atoms with Crippen LogP contribution in [0.15, 0.2) is 48.5 Å². The molecule has 5 nitrogen and oxygen atoms in total. The van der Waals surface area contributed by atoms with Gasteiger partial charge in [0.25, 0.3) is 5.91 Å². The van der Waals surface area contributed by atoms with Crippen LogP contribution in [0, 0.1) is 6.92 Å². The third-order valence-corrected chi connectivity index (χ3v) is 3.71. The minimum Gasteiger partial charge on any atom is -0.508 e. The van der Waals surface area contributed by atoms with Gasteiger partial charge in [0.15, 0.2) is 0 Å². The van der Waals surface area contributed by atoms with E-state index in [0.29, 0.717) is 5.69 Å². The van der Waals surface area contributed by atoms with Crippen molar-refractivity contribution in [2.45, 2.75) is 19.4 Å². The van der Waals surface area contributed by atoms with Crippen molar-refractivity contribution in [2.24, 2.45) is 0 Å². The molecule has 1 fully saturated rings. The molecular formula is C17H16N2O3. The Bertz CT molecular complexity index is 742. The highest BCUT2D eigenvalue weighted by Crippen LogP contribution is 2.27. The number of hydrogen-bond donors (Lipinski definition) is 2. The number of aromatic hydroxyl groups is 1. The van der Waals surface area contributed by atoms with Crippen molar-refractivity contribution in [1.29, 1.82) is 0 Å². The molecular weight excluding hydrogens is 280 g/mol. The van der Waals surface area contributed by atoms with Gasteiger partial charge in [0.2, 0.25) is 5.91 Å². The molecule has 1 unspecified atom stereocenters. The normalized spacial score (nSPS) is 17.9. The number of hydrogen-bond acceptors (Lipinski definition) is 4. The monoisotopic (exact) mass is 296 g/mol. The van der Waals surface area contributed by atoms with E-state index in [1.165, 1.54) is 12.1 Å². The summed E-state index contributed by atoms with van der Waals surface area (Å²) in [7, 11) is 0. The molecule has 0 aliphatic carbocycles. The molecule has 0 spiro atoms. The topological polar surface area (TPSA) is 69.6 Å². The number of rotatable bonds is 3. The molecule has 5 heteroatoms. The molecule has 1 aliphatic rings. The van der Waals surface area contributed by atoms with Gasteiger partial charge >= 0.3 is 0 Å². The number of phenolic OH excluding ortho intramolecular Hbond substituents is 1. The number of phenols is 1. The van der Waals surface area contributed by atoms with E-state index in [-0.39, 0.29) is 24.0 Å². The molecule has 1 aliphatic heterocycles. The lowest BCUT2D eigenvalue weighted by Gasteiger charge is -2.17. The predicted molar refractivity (Wildman–Crippen MR) is 83.8 cm³/mol. The summed E-state index contributed by atoms with van der Waals surface area (Å²) in [6.45, 7) is 1.94. The van der Waals surface area contributed by atoms with Crippen LogP contribution in [0.4, 0.5) is 11.4 Å². The molecule has 0 aromatic heterocycles. The van der Waals surface area contributed by atoms with Crippen LogP contribution in [0.3, 0.4) is 0 Å². The number of amides is 2. The maximum Gasteiger partial charge on any atom is 0.256 e. The lowest BCUT2D eigenvalue weighted by Crippen LogP contribution is -2.34. The summed E-state index contributed by atoms with van der Waals surface area (Å²) < 4.78 is 0. The van der Waals surface area contributed by atoms with Gasteiger partial charge in [-0.3, -0.25) is 9.59 Å². The standard InChI is InChI=1S/C17H16N2O3/c1-11-5-2-3-8-14(11)18-15-10-16(21)19(17(15)22)12-6-4-7-13(20)9-12/h2-9,15,18,20H,10H2,1H3. The third-order valence-electron chi connectivity index (χ3n) is 3.71. The van der Waals surface area contributed by atoms with E-state index in [0.717, 1.165) is 16.2 Å². The number of imide groups is 1. The lowest BCUT2D eigenvalue weighted by molar-refractivity contribution is -0.121. The minimum absolute atomic E-state index is 0.0217. The molecule has 0 radical (unpaired) electrons. The molecule has 1 saturated heterocycles. The molecule has 0 saturated carbocycles. The Morgan fingerprint density at radius 2 is 1.91 bits per heavy atom. The van der Waals surface area contributed by atoms with E-state index >= 15 is 0 Å². The Labute approximate surface area is 128 Å². The minimum atomic E-state index is -0.587. The van der Waals surface area contributed by atoms with Crippen molar-refractivity contribution in [1.82, 2.24) is 0 Å². The molecule has 22 heavy (non-hydrogen) atoms. The van der Waals surface area contributed by atoms with Gasteiger partial charge in [-0.15, -0.1) is 0 Å². The Kier molecular flexibility index (Phi) is 3.55. The van der Waals surface area contributed by atoms with Gasteiger partial charge in [0.1, 0.15) is 11.8 Å². The number of nitrogens with one attached hydrogen (secondary N) is 1. The van der Waals surface area contributed by atoms with Gasteiger partial charge < -0.3 is 10.4 Å². The Hall–Kier alpha value is -2.82. The average molecular weight is 296 g/mol. The SMILES string of the molecule is Cc1ccccc1NC1CC(=O)N(c2cccc(O)c2)C1=O. The van der Waals surface area contributed by atoms with Crippen molar-refractivity contribution in [2.75, 3.05) is 10.2 Å². The number of para-hydroxylation sites is 1. The van der Waals surface area contributed by atoms with E-state index in [1.54, 1.807) is 12.1 Å². The van der Waals surface area contributed by atoms with Crippen molar-refractivity contribution >= 4 is 23.2 Å². The number of benzene rings is 2. The molecule has 2 amide bonds. The quantitative estimate of drug-likeness (QED) is 0.854. The molecule has 112 valence electrons. The highest BCUT2D eigenvalue weighted by atomic mass is 16.3. The summed E-state index contributed by atoms with van der Waals surface area (Å²) in [6, 6.07) is 13.2. The van der Waals surface area contributed by atoms with Crippen LogP contribution in [-0.2, 0) is 9.59 Å². The molecule has 1 heterocycles. The smallest absolute Gasteiger partial charge is 0.256 e. The first-order valence-corrected chi connectivity index (χ1v) is 7.04. The van der Waals surface area contributed by atoms with Gasteiger partial charge in [-0.05, 0) is 30.7 Å². The van der Waals surface area contributed by atoms with E-state index in [9.17, 15) is 14.7 Å². The largest absolute Gasteiger partial charge is 0.508 e. The zero-order chi connectivity index (χ0) is 15.7. The van der Waals surface area contributed by atoms with Crippen LogP contribution in [0.1, 0.15) is 12.0 Å². The van der Waals surface area contributed by atoms with Crippen LogP contribution in [0.25, 0.3) is 0 Å². The Morgan fingerprint density at radius 3 is 2.64 bits per heavy atom. The first kappa shape index (κ1) is 14.1. The van der Waals surface area contributed by atoms with Crippen LogP contribution >= 0.6 is 0 Å². The highest BCUT2D eigenvalue weighted by Gasteiger charge is 2.39. The second-order valence-electron chi connectivity index (χ2n) is 5.30. The molecule has 3 rings (SSSR count). The second-order valence-corrected chi connectivity index (χ2v) is 5.30. The zero-order valence-electron chi connectivity index (χ0n) is 12.1. The van der Waals surface area contributed by atoms with Crippen molar-refractivity contribution < 1.29 is 14.7 Å². The number of anilines is 2. The summed E-state index contributed by atoms with van der Waals surface area (Å²) in [4.78, 5) is 25.8. The maximum absolute atomic E-state index is 12.5. The third kappa shape index (κ3) is 2.53. The summed E-state index contributed by atoms with van der Waals surface area (Å²) in [5.74, 6) is -0.561. The van der Waals surface area contributed by atoms with E-state index < -0.39 is 6.04 Å². The van der Waals surface area contributed by atoms with Crippen molar-refractivity contribution in [3.63, 3.8) is 0 Å². The van der Waals surface area contributed by atoms with Gasteiger partial charge in [0, 0.05) is 11.8 Å².